The molecule has 0 saturated carbocycles. The second-order valence-electron chi connectivity index (χ2n) is 2.27. The summed E-state index contributed by atoms with van der Waals surface area (Å²) in [6, 6.07) is 7.50. The summed E-state index contributed by atoms with van der Waals surface area (Å²) in [5.41, 5.74) is 6.40. The van der Waals surface area contributed by atoms with Crippen LogP contribution in [0, 0.1) is 0 Å². The van der Waals surface area contributed by atoms with Crippen molar-refractivity contribution in [3.63, 3.8) is 0 Å². The number of halogens is 2. The number of aliphatic imine (C=N–C) groups is 1. The maximum atomic E-state index is 5.70. The number of rotatable bonds is 2. The van der Waals surface area contributed by atoms with E-state index in [1.807, 2.05) is 24.3 Å². The molecule has 12 heavy (non-hydrogen) atoms. The van der Waals surface area contributed by atoms with Gasteiger partial charge in [-0.15, -0.1) is 0 Å². The first kappa shape index (κ1) is 9.55. The van der Waals surface area contributed by atoms with E-state index in [1.54, 1.807) is 0 Å². The molecule has 1 aromatic rings. The average molecular weight is 248 g/mol. The molecule has 4 heteroatoms. The van der Waals surface area contributed by atoms with E-state index in [0.29, 0.717) is 11.3 Å². The monoisotopic (exact) mass is 246 g/mol. The molecule has 0 amide bonds. The Morgan fingerprint density at radius 1 is 1.42 bits per heavy atom. The quantitative estimate of drug-likeness (QED) is 0.487. The van der Waals surface area contributed by atoms with Crippen molar-refractivity contribution < 1.29 is 0 Å². The van der Waals surface area contributed by atoms with E-state index in [2.05, 4.69) is 20.9 Å². The zero-order valence-corrected chi connectivity index (χ0v) is 8.64. The van der Waals surface area contributed by atoms with Gasteiger partial charge in [-0.3, -0.25) is 4.99 Å². The molecular formula is C8H8BrClN2. The second kappa shape index (κ2) is 4.48. The molecule has 0 atom stereocenters. The maximum Gasteiger partial charge on any atom is 0.163 e. The number of nitrogens with two attached hydrogens (primary N) is 1. The van der Waals surface area contributed by atoms with Crippen LogP contribution < -0.4 is 5.73 Å². The van der Waals surface area contributed by atoms with Gasteiger partial charge in [0.15, 0.2) is 4.74 Å². The minimum absolute atomic E-state index is 0.414. The number of hydrogen-bond acceptors (Lipinski definition) is 1. The van der Waals surface area contributed by atoms with Crippen molar-refractivity contribution in [1.29, 1.82) is 0 Å². The lowest BCUT2D eigenvalue weighted by atomic mass is 10.2. The number of hydrogen-bond donors (Lipinski definition) is 1. The van der Waals surface area contributed by atoms with Crippen molar-refractivity contribution in [2.24, 2.45) is 10.7 Å². The molecule has 0 aliphatic rings. The Kier molecular flexibility index (Phi) is 3.56. The molecule has 64 valence electrons. The third-order valence-corrected chi connectivity index (χ3v) is 1.83. The first-order valence-corrected chi connectivity index (χ1v) is 4.55. The van der Waals surface area contributed by atoms with Crippen LogP contribution in [0.3, 0.4) is 0 Å². The standard InChI is InChI=1S/C8H8BrClN2/c9-8(11)12-5-6-1-3-7(10)4-2-6/h1-4H,5H2,(H2,11,12). The van der Waals surface area contributed by atoms with Gasteiger partial charge in [-0.05, 0) is 33.6 Å². The van der Waals surface area contributed by atoms with Gasteiger partial charge in [-0.2, -0.15) is 0 Å². The topological polar surface area (TPSA) is 38.4 Å². The fraction of sp³-hybridized carbons (Fsp3) is 0.125. The van der Waals surface area contributed by atoms with Crippen LogP contribution in [0.1, 0.15) is 5.56 Å². The van der Waals surface area contributed by atoms with Crippen LogP contribution in [0.2, 0.25) is 5.02 Å². The second-order valence-corrected chi connectivity index (χ2v) is 3.51. The molecule has 0 aromatic heterocycles. The van der Waals surface area contributed by atoms with Gasteiger partial charge < -0.3 is 5.73 Å². The third-order valence-electron chi connectivity index (χ3n) is 1.33. The van der Waals surface area contributed by atoms with Crippen molar-refractivity contribution in [1.82, 2.24) is 0 Å². The smallest absolute Gasteiger partial charge is 0.163 e. The largest absolute Gasteiger partial charge is 0.378 e. The molecule has 0 aliphatic carbocycles. The van der Waals surface area contributed by atoms with Crippen molar-refractivity contribution in [2.75, 3.05) is 0 Å². The van der Waals surface area contributed by atoms with Crippen molar-refractivity contribution in [2.45, 2.75) is 6.54 Å². The lowest BCUT2D eigenvalue weighted by Crippen LogP contribution is -2.01. The van der Waals surface area contributed by atoms with E-state index < -0.39 is 0 Å². The van der Waals surface area contributed by atoms with Crippen LogP contribution in [0.4, 0.5) is 0 Å². The highest BCUT2D eigenvalue weighted by molar-refractivity contribution is 9.18. The maximum absolute atomic E-state index is 5.70. The normalized spacial score (nSPS) is 11.7. The molecule has 0 saturated heterocycles. The molecule has 0 heterocycles. The minimum Gasteiger partial charge on any atom is -0.378 e. The predicted molar refractivity (Wildman–Crippen MR) is 55.7 cm³/mol. The molecule has 0 spiro atoms. The number of benzene rings is 1. The summed E-state index contributed by atoms with van der Waals surface area (Å²) < 4.78 is 0.414. The summed E-state index contributed by atoms with van der Waals surface area (Å²) in [7, 11) is 0. The van der Waals surface area contributed by atoms with Gasteiger partial charge in [0.1, 0.15) is 0 Å². The number of nitrogens with zero attached hydrogens (tertiary/aromatic N) is 1. The Hall–Kier alpha value is -0.540. The Bertz CT molecular complexity index is 278. The molecule has 2 nitrogen and oxygen atoms in total. The van der Waals surface area contributed by atoms with Crippen LogP contribution in [-0.4, -0.2) is 4.74 Å². The average Bonchev–Trinajstić information content (AvgIpc) is 2.03. The van der Waals surface area contributed by atoms with Crippen molar-refractivity contribution in [3.8, 4) is 0 Å². The molecule has 1 rings (SSSR count). The Labute approximate surface area is 84.6 Å². The molecule has 0 fully saturated rings. The molecule has 0 radical (unpaired) electrons. The lowest BCUT2D eigenvalue weighted by molar-refractivity contribution is 1.07. The Balaban J connectivity index is 2.65. The van der Waals surface area contributed by atoms with Crippen LogP contribution in [-0.2, 0) is 6.54 Å². The van der Waals surface area contributed by atoms with Crippen molar-refractivity contribution >= 4 is 32.3 Å². The van der Waals surface area contributed by atoms with Crippen LogP contribution in [0.5, 0.6) is 0 Å². The van der Waals surface area contributed by atoms with Crippen LogP contribution >= 0.6 is 27.5 Å². The Morgan fingerprint density at radius 3 is 2.50 bits per heavy atom. The Morgan fingerprint density at radius 2 is 2.00 bits per heavy atom. The van der Waals surface area contributed by atoms with Gasteiger partial charge in [0, 0.05) is 5.02 Å². The summed E-state index contributed by atoms with van der Waals surface area (Å²) in [5, 5.41) is 0.731. The molecular weight excluding hydrogens is 239 g/mol. The highest BCUT2D eigenvalue weighted by Gasteiger charge is 1.90. The summed E-state index contributed by atoms with van der Waals surface area (Å²) in [4.78, 5) is 3.99. The van der Waals surface area contributed by atoms with E-state index in [1.165, 1.54) is 0 Å². The van der Waals surface area contributed by atoms with E-state index in [0.717, 1.165) is 10.6 Å². The minimum atomic E-state index is 0.414. The fourth-order valence-corrected chi connectivity index (χ4v) is 1.01. The first-order chi connectivity index (χ1) is 5.68. The first-order valence-electron chi connectivity index (χ1n) is 3.38. The highest BCUT2D eigenvalue weighted by Crippen LogP contribution is 2.10. The van der Waals surface area contributed by atoms with Gasteiger partial charge >= 0.3 is 0 Å². The summed E-state index contributed by atoms with van der Waals surface area (Å²) >= 11 is 8.75. The molecule has 2 N–H and O–H groups in total. The molecule has 0 aliphatic heterocycles. The van der Waals surface area contributed by atoms with E-state index >= 15 is 0 Å². The zero-order valence-electron chi connectivity index (χ0n) is 6.30. The summed E-state index contributed by atoms with van der Waals surface area (Å²) in [6.45, 7) is 0.578. The highest BCUT2D eigenvalue weighted by atomic mass is 79.9. The molecule has 0 unspecified atom stereocenters. The van der Waals surface area contributed by atoms with Gasteiger partial charge in [-0.1, -0.05) is 23.7 Å². The number of amidine groups is 1. The molecule has 1 aromatic carbocycles. The van der Waals surface area contributed by atoms with Gasteiger partial charge in [0.25, 0.3) is 0 Å². The van der Waals surface area contributed by atoms with Crippen molar-refractivity contribution in [3.05, 3.63) is 34.9 Å². The SMILES string of the molecule is NC(Br)=NCc1ccc(Cl)cc1. The van der Waals surface area contributed by atoms with Gasteiger partial charge in [-0.25, -0.2) is 0 Å². The van der Waals surface area contributed by atoms with Crippen LogP contribution in [0.15, 0.2) is 29.3 Å². The zero-order chi connectivity index (χ0) is 8.97. The summed E-state index contributed by atoms with van der Waals surface area (Å²) in [5.74, 6) is 0. The van der Waals surface area contributed by atoms with E-state index in [4.69, 9.17) is 17.3 Å². The predicted octanol–water partition coefficient (Wildman–Crippen LogP) is 2.55. The molecule has 0 bridgehead atoms. The van der Waals surface area contributed by atoms with E-state index in [9.17, 15) is 0 Å². The fourth-order valence-electron chi connectivity index (χ4n) is 0.757. The van der Waals surface area contributed by atoms with Crippen LogP contribution in [0.25, 0.3) is 0 Å². The summed E-state index contributed by atoms with van der Waals surface area (Å²) in [6.07, 6.45) is 0. The lowest BCUT2D eigenvalue weighted by Gasteiger charge is -1.95. The van der Waals surface area contributed by atoms with Gasteiger partial charge in [0.2, 0.25) is 0 Å². The third kappa shape index (κ3) is 3.24. The van der Waals surface area contributed by atoms with Gasteiger partial charge in [0.05, 0.1) is 6.54 Å². The van der Waals surface area contributed by atoms with E-state index in [-0.39, 0.29) is 0 Å².